The molecule has 0 aromatic carbocycles. The topological polar surface area (TPSA) is 149 Å². The summed E-state index contributed by atoms with van der Waals surface area (Å²) in [6.07, 6.45) is 0.497. The fraction of sp³-hybridized carbons (Fsp3) is 0.947. The fourth-order valence-electron chi connectivity index (χ4n) is 12.4. The SMILES string of the molecule is CCOC(C)(CCC=C(C)C)C1CCC2(C)C1C(O)CC1C3(C)CCC(O)C(C)(C)C3C(OC3OC(CO)C(O)C(O)C3O)CC12C. The molecular weight excluding hydrogens is 600 g/mol. The summed E-state index contributed by atoms with van der Waals surface area (Å²) in [6.45, 7) is 20.0. The van der Waals surface area contributed by atoms with Crippen LogP contribution in [0.4, 0.5) is 0 Å². The highest BCUT2D eigenvalue weighted by molar-refractivity contribution is 5.22. The molecule has 47 heavy (non-hydrogen) atoms. The van der Waals surface area contributed by atoms with Crippen molar-refractivity contribution < 1.29 is 44.8 Å². The van der Waals surface area contributed by atoms with Crippen molar-refractivity contribution in [1.82, 2.24) is 0 Å². The van der Waals surface area contributed by atoms with Crippen LogP contribution < -0.4 is 0 Å². The maximum absolute atomic E-state index is 12.3. The van der Waals surface area contributed by atoms with Gasteiger partial charge >= 0.3 is 0 Å². The van der Waals surface area contributed by atoms with E-state index < -0.39 is 61.0 Å². The van der Waals surface area contributed by atoms with Crippen molar-refractivity contribution in [3.8, 4) is 0 Å². The van der Waals surface area contributed by atoms with Gasteiger partial charge in [-0.05, 0) is 124 Å². The predicted molar refractivity (Wildman–Crippen MR) is 179 cm³/mol. The monoisotopic (exact) mass is 666 g/mol. The van der Waals surface area contributed by atoms with Gasteiger partial charge in [-0.25, -0.2) is 0 Å². The Morgan fingerprint density at radius 3 is 2.23 bits per heavy atom. The zero-order valence-corrected chi connectivity index (χ0v) is 30.5. The number of hydrogen-bond acceptors (Lipinski definition) is 9. The Morgan fingerprint density at radius 2 is 1.62 bits per heavy atom. The Labute approximate surface area is 283 Å². The average molecular weight is 667 g/mol. The van der Waals surface area contributed by atoms with E-state index in [4.69, 9.17) is 14.2 Å². The summed E-state index contributed by atoms with van der Waals surface area (Å²) in [5, 5.41) is 65.8. The van der Waals surface area contributed by atoms with E-state index in [-0.39, 0.29) is 45.5 Å². The molecule has 9 heteroatoms. The maximum Gasteiger partial charge on any atom is 0.186 e. The van der Waals surface area contributed by atoms with Gasteiger partial charge in [0, 0.05) is 6.61 Å². The van der Waals surface area contributed by atoms with Gasteiger partial charge in [0.15, 0.2) is 6.29 Å². The van der Waals surface area contributed by atoms with Crippen LogP contribution in [0, 0.1) is 45.3 Å². The quantitative estimate of drug-likeness (QED) is 0.156. The van der Waals surface area contributed by atoms with Crippen molar-refractivity contribution in [3.63, 3.8) is 0 Å². The van der Waals surface area contributed by atoms with E-state index in [9.17, 15) is 30.6 Å². The number of hydrogen-bond donors (Lipinski definition) is 6. The van der Waals surface area contributed by atoms with Crippen molar-refractivity contribution in [2.75, 3.05) is 13.2 Å². The van der Waals surface area contributed by atoms with Crippen LogP contribution in [0.1, 0.15) is 114 Å². The second-order valence-electron chi connectivity index (χ2n) is 17.9. The molecule has 1 heterocycles. The van der Waals surface area contributed by atoms with Gasteiger partial charge in [-0.2, -0.15) is 0 Å². The minimum Gasteiger partial charge on any atom is -0.394 e. The van der Waals surface area contributed by atoms with Crippen LogP contribution in [0.15, 0.2) is 11.6 Å². The zero-order valence-electron chi connectivity index (χ0n) is 30.5. The average Bonchev–Trinajstić information content (AvgIpc) is 3.37. The Balaban J connectivity index is 1.56. The van der Waals surface area contributed by atoms with Gasteiger partial charge < -0.3 is 44.8 Å². The van der Waals surface area contributed by atoms with E-state index in [1.54, 1.807) is 0 Å². The molecular formula is C38H66O9. The number of allylic oxidation sites excluding steroid dienone is 2. The number of aliphatic hydroxyl groups excluding tert-OH is 6. The van der Waals surface area contributed by atoms with Gasteiger partial charge in [0.1, 0.15) is 24.4 Å². The summed E-state index contributed by atoms with van der Waals surface area (Å²) < 4.78 is 19.3. The smallest absolute Gasteiger partial charge is 0.186 e. The summed E-state index contributed by atoms with van der Waals surface area (Å²) in [5.74, 6) is 0.250. The number of fused-ring (bicyclic) bond motifs is 5. The largest absolute Gasteiger partial charge is 0.394 e. The second-order valence-corrected chi connectivity index (χ2v) is 17.9. The van der Waals surface area contributed by atoms with Crippen molar-refractivity contribution in [2.24, 2.45) is 45.3 Å². The molecule has 0 spiro atoms. The molecule has 9 nitrogen and oxygen atoms in total. The number of ether oxygens (including phenoxy) is 3. The van der Waals surface area contributed by atoms with E-state index in [2.05, 4.69) is 68.4 Å². The molecule has 4 aliphatic carbocycles. The van der Waals surface area contributed by atoms with E-state index in [1.165, 1.54) is 5.57 Å². The van der Waals surface area contributed by atoms with E-state index in [0.717, 1.165) is 32.1 Å². The van der Waals surface area contributed by atoms with Crippen LogP contribution in [-0.4, -0.2) is 98.5 Å². The van der Waals surface area contributed by atoms with Gasteiger partial charge in [-0.1, -0.05) is 46.3 Å². The molecule has 1 aliphatic heterocycles. The maximum atomic E-state index is 12.3. The van der Waals surface area contributed by atoms with Crippen LogP contribution in [0.3, 0.4) is 0 Å². The number of aliphatic hydroxyl groups is 6. The van der Waals surface area contributed by atoms with Crippen molar-refractivity contribution in [1.29, 1.82) is 0 Å². The van der Waals surface area contributed by atoms with Crippen molar-refractivity contribution in [3.05, 3.63) is 11.6 Å². The first-order chi connectivity index (χ1) is 21.8. The summed E-state index contributed by atoms with van der Waals surface area (Å²) >= 11 is 0. The first kappa shape index (κ1) is 37.6. The number of rotatable bonds is 9. The highest BCUT2D eigenvalue weighted by atomic mass is 16.7. The second kappa shape index (κ2) is 13.2. The molecule has 0 bridgehead atoms. The molecule has 16 atom stereocenters. The summed E-state index contributed by atoms with van der Waals surface area (Å²) in [5.41, 5.74) is -0.413. The molecule has 1 saturated heterocycles. The lowest BCUT2D eigenvalue weighted by Gasteiger charge is -2.72. The first-order valence-electron chi connectivity index (χ1n) is 18.4. The standard InChI is InChI=1S/C38H66O9/c1-10-45-38(9,15-11-12-21(2)3)22-13-17-36(7)28(22)23(40)18-26-35(6)16-14-27(41)34(4,5)32(35)24(19-37(26,36)8)46-33-31(44)30(43)29(42)25(20-39)47-33/h12,22-33,39-44H,10-11,13-20H2,1-9H3. The first-order valence-corrected chi connectivity index (χ1v) is 18.4. The predicted octanol–water partition coefficient (Wildman–Crippen LogP) is 4.34. The van der Waals surface area contributed by atoms with Crippen molar-refractivity contribution in [2.45, 2.75) is 168 Å². The molecule has 4 saturated carbocycles. The molecule has 5 rings (SSSR count). The van der Waals surface area contributed by atoms with Crippen LogP contribution in [0.25, 0.3) is 0 Å². The van der Waals surface area contributed by atoms with Gasteiger partial charge in [0.05, 0.1) is 30.5 Å². The molecule has 5 fully saturated rings. The normalized spacial score (nSPS) is 50.5. The molecule has 0 aromatic heterocycles. The zero-order chi connectivity index (χ0) is 34.9. The molecule has 5 aliphatic rings. The van der Waals surface area contributed by atoms with Gasteiger partial charge in [0.2, 0.25) is 0 Å². The molecule has 0 radical (unpaired) electrons. The van der Waals surface area contributed by atoms with Crippen LogP contribution >= 0.6 is 0 Å². The summed E-state index contributed by atoms with van der Waals surface area (Å²) in [6, 6.07) is 0. The van der Waals surface area contributed by atoms with Gasteiger partial charge in [0.25, 0.3) is 0 Å². The molecule has 0 aromatic rings. The Bertz CT molecular complexity index is 1140. The van der Waals surface area contributed by atoms with E-state index >= 15 is 0 Å². The lowest BCUT2D eigenvalue weighted by molar-refractivity contribution is -0.347. The molecule has 0 amide bonds. The fourth-order valence-corrected chi connectivity index (χ4v) is 12.4. The van der Waals surface area contributed by atoms with Crippen LogP contribution in [0.2, 0.25) is 0 Å². The minimum absolute atomic E-state index is 0.0299. The van der Waals surface area contributed by atoms with E-state index in [0.29, 0.717) is 25.9 Å². The third-order valence-corrected chi connectivity index (χ3v) is 14.8. The van der Waals surface area contributed by atoms with Gasteiger partial charge in [-0.15, -0.1) is 0 Å². The third-order valence-electron chi connectivity index (χ3n) is 14.8. The lowest BCUT2D eigenvalue weighted by atomic mass is 9.34. The summed E-state index contributed by atoms with van der Waals surface area (Å²) in [4.78, 5) is 0. The lowest BCUT2D eigenvalue weighted by Crippen LogP contribution is -2.71. The Kier molecular flexibility index (Phi) is 10.5. The Morgan fingerprint density at radius 1 is 0.936 bits per heavy atom. The molecule has 6 N–H and O–H groups in total. The van der Waals surface area contributed by atoms with Crippen LogP contribution in [-0.2, 0) is 14.2 Å². The third kappa shape index (κ3) is 5.89. The van der Waals surface area contributed by atoms with Gasteiger partial charge in [-0.3, -0.25) is 0 Å². The minimum atomic E-state index is -1.53. The molecule has 272 valence electrons. The highest BCUT2D eigenvalue weighted by Crippen LogP contribution is 2.76. The molecule has 16 unspecified atom stereocenters. The van der Waals surface area contributed by atoms with Crippen LogP contribution in [0.5, 0.6) is 0 Å². The van der Waals surface area contributed by atoms with E-state index in [1.807, 2.05) is 0 Å². The van der Waals surface area contributed by atoms with Crippen molar-refractivity contribution >= 4 is 0 Å². The Hall–Kier alpha value is -0.620. The highest BCUT2D eigenvalue weighted by Gasteiger charge is 2.73. The summed E-state index contributed by atoms with van der Waals surface area (Å²) in [7, 11) is 0.